The molecule has 0 spiro atoms. The van der Waals surface area contributed by atoms with E-state index in [0.717, 1.165) is 18.6 Å². The molecule has 0 aliphatic heterocycles. The Kier molecular flexibility index (Phi) is 3.96. The number of amides is 1. The summed E-state index contributed by atoms with van der Waals surface area (Å²) >= 11 is 1.38. The van der Waals surface area contributed by atoms with Crippen LogP contribution >= 0.6 is 11.8 Å². The molecule has 1 aliphatic rings. The van der Waals surface area contributed by atoms with Gasteiger partial charge in [-0.15, -0.1) is 5.10 Å². The Morgan fingerprint density at radius 2 is 2.43 bits per heavy atom. The van der Waals surface area contributed by atoms with Gasteiger partial charge in [-0.2, -0.15) is 0 Å². The van der Waals surface area contributed by atoms with E-state index >= 15 is 0 Å². The molecule has 8 heteroatoms. The van der Waals surface area contributed by atoms with Crippen molar-refractivity contribution in [1.29, 1.82) is 0 Å². The largest absolute Gasteiger partial charge is 0.467 e. The lowest BCUT2D eigenvalue weighted by Crippen LogP contribution is -2.31. The standard InChI is InChI=1S/C13H17N5O2S/c1-9(11-4-3-7-20-11)17(2)12(19)8-21-13-14-15-16-18(13)10-5-6-10/h3-4,7,9-10H,5-6,8H2,1-2H3. The predicted octanol–water partition coefficient (Wildman–Crippen LogP) is 1.91. The summed E-state index contributed by atoms with van der Waals surface area (Å²) < 4.78 is 7.15. The molecule has 1 unspecified atom stereocenters. The number of carbonyl (C=O) groups is 1. The number of nitrogens with zero attached hydrogens (tertiary/aromatic N) is 5. The molecule has 0 aromatic carbocycles. The van der Waals surface area contributed by atoms with Crippen molar-refractivity contribution in [3.05, 3.63) is 24.2 Å². The zero-order chi connectivity index (χ0) is 14.8. The lowest BCUT2D eigenvalue weighted by Gasteiger charge is -2.23. The summed E-state index contributed by atoms with van der Waals surface area (Å²) in [5.41, 5.74) is 0. The fourth-order valence-electron chi connectivity index (χ4n) is 1.99. The first kappa shape index (κ1) is 14.1. The van der Waals surface area contributed by atoms with Crippen molar-refractivity contribution in [3.8, 4) is 0 Å². The quantitative estimate of drug-likeness (QED) is 0.759. The van der Waals surface area contributed by atoms with Gasteiger partial charge in [0.2, 0.25) is 11.1 Å². The zero-order valence-electron chi connectivity index (χ0n) is 12.0. The van der Waals surface area contributed by atoms with Crippen LogP contribution in [0.2, 0.25) is 0 Å². The highest BCUT2D eigenvalue weighted by atomic mass is 32.2. The molecular weight excluding hydrogens is 290 g/mol. The summed E-state index contributed by atoms with van der Waals surface area (Å²) in [6, 6.07) is 4.02. The SMILES string of the molecule is CC(c1ccco1)N(C)C(=O)CSc1nnnn1C1CC1. The number of thioether (sulfide) groups is 1. The summed E-state index contributed by atoms with van der Waals surface area (Å²) in [4.78, 5) is 13.9. The van der Waals surface area contributed by atoms with Crippen molar-refractivity contribution in [2.75, 3.05) is 12.8 Å². The fourth-order valence-corrected chi connectivity index (χ4v) is 2.86. The molecule has 0 radical (unpaired) electrons. The minimum absolute atomic E-state index is 0.0225. The minimum Gasteiger partial charge on any atom is -0.467 e. The third-order valence-electron chi connectivity index (χ3n) is 3.61. The van der Waals surface area contributed by atoms with Crippen molar-refractivity contribution in [3.63, 3.8) is 0 Å². The van der Waals surface area contributed by atoms with Crippen LogP contribution in [0.3, 0.4) is 0 Å². The van der Waals surface area contributed by atoms with Crippen molar-refractivity contribution >= 4 is 17.7 Å². The zero-order valence-corrected chi connectivity index (χ0v) is 12.8. The summed E-state index contributed by atoms with van der Waals surface area (Å²) in [5, 5.41) is 12.3. The van der Waals surface area contributed by atoms with Gasteiger partial charge in [0.15, 0.2) is 0 Å². The van der Waals surface area contributed by atoms with Crippen LogP contribution in [0.25, 0.3) is 0 Å². The number of carbonyl (C=O) groups excluding carboxylic acids is 1. The van der Waals surface area contributed by atoms with Gasteiger partial charge in [-0.05, 0) is 42.3 Å². The van der Waals surface area contributed by atoms with Crippen LogP contribution in [-0.2, 0) is 4.79 Å². The Morgan fingerprint density at radius 1 is 1.62 bits per heavy atom. The number of tetrazole rings is 1. The Balaban J connectivity index is 1.57. The monoisotopic (exact) mass is 307 g/mol. The normalized spacial score (nSPS) is 15.9. The van der Waals surface area contributed by atoms with Crippen molar-refractivity contribution < 1.29 is 9.21 Å². The number of hydrogen-bond acceptors (Lipinski definition) is 6. The number of furan rings is 1. The minimum atomic E-state index is -0.0903. The molecular formula is C13H17N5O2S. The topological polar surface area (TPSA) is 77.1 Å². The Hall–Kier alpha value is -1.83. The highest BCUT2D eigenvalue weighted by Gasteiger charge is 2.28. The molecule has 2 heterocycles. The maximum atomic E-state index is 12.3. The molecule has 1 amide bonds. The van der Waals surface area contributed by atoms with Gasteiger partial charge in [0.05, 0.1) is 24.1 Å². The third-order valence-corrected chi connectivity index (χ3v) is 4.53. The Labute approximate surface area is 126 Å². The number of aromatic nitrogens is 4. The van der Waals surface area contributed by atoms with Gasteiger partial charge < -0.3 is 9.32 Å². The molecule has 1 atom stereocenters. The summed E-state index contributed by atoms with van der Waals surface area (Å²) in [6.45, 7) is 1.94. The van der Waals surface area contributed by atoms with Crippen LogP contribution in [0.5, 0.6) is 0 Å². The lowest BCUT2D eigenvalue weighted by atomic mass is 10.2. The molecule has 1 aliphatic carbocycles. The van der Waals surface area contributed by atoms with Crippen LogP contribution in [0.4, 0.5) is 0 Å². The third kappa shape index (κ3) is 3.10. The second-order valence-electron chi connectivity index (χ2n) is 5.12. The van der Waals surface area contributed by atoms with E-state index in [1.807, 2.05) is 23.7 Å². The molecule has 0 saturated heterocycles. The van der Waals surface area contributed by atoms with Gasteiger partial charge in [-0.3, -0.25) is 4.79 Å². The van der Waals surface area contributed by atoms with Crippen molar-refractivity contribution in [1.82, 2.24) is 25.1 Å². The molecule has 1 saturated carbocycles. The van der Waals surface area contributed by atoms with Gasteiger partial charge in [0, 0.05) is 7.05 Å². The van der Waals surface area contributed by atoms with Crippen LogP contribution in [0.1, 0.15) is 37.6 Å². The maximum absolute atomic E-state index is 12.3. The second kappa shape index (κ2) is 5.88. The molecule has 1 fully saturated rings. The average Bonchev–Trinajstić information content (AvgIpc) is 3.02. The van der Waals surface area contributed by atoms with E-state index in [9.17, 15) is 4.79 Å². The van der Waals surface area contributed by atoms with Gasteiger partial charge in [-0.25, -0.2) is 4.68 Å². The van der Waals surface area contributed by atoms with E-state index in [1.54, 1.807) is 18.2 Å². The van der Waals surface area contributed by atoms with Crippen molar-refractivity contribution in [2.24, 2.45) is 0 Å². The molecule has 7 nitrogen and oxygen atoms in total. The van der Waals surface area contributed by atoms with E-state index in [-0.39, 0.29) is 11.9 Å². The van der Waals surface area contributed by atoms with Gasteiger partial charge in [0.1, 0.15) is 5.76 Å². The summed E-state index contributed by atoms with van der Waals surface area (Å²) in [7, 11) is 1.78. The summed E-state index contributed by atoms with van der Waals surface area (Å²) in [6.07, 6.45) is 3.84. The molecule has 2 aromatic heterocycles. The van der Waals surface area contributed by atoms with Gasteiger partial charge >= 0.3 is 0 Å². The number of rotatable bonds is 6. The van der Waals surface area contributed by atoms with Crippen molar-refractivity contribution in [2.45, 2.75) is 37.0 Å². The van der Waals surface area contributed by atoms with Crippen LogP contribution in [0, 0.1) is 0 Å². The highest BCUT2D eigenvalue weighted by Crippen LogP contribution is 2.36. The van der Waals surface area contributed by atoms with Gasteiger partial charge in [0.25, 0.3) is 0 Å². The van der Waals surface area contributed by atoms with E-state index in [0.29, 0.717) is 17.0 Å². The van der Waals surface area contributed by atoms with E-state index < -0.39 is 0 Å². The molecule has 3 rings (SSSR count). The van der Waals surface area contributed by atoms with E-state index in [1.165, 1.54) is 11.8 Å². The maximum Gasteiger partial charge on any atom is 0.233 e. The van der Waals surface area contributed by atoms with E-state index in [4.69, 9.17) is 4.42 Å². The van der Waals surface area contributed by atoms with Crippen LogP contribution in [-0.4, -0.2) is 43.8 Å². The first-order valence-corrected chi connectivity index (χ1v) is 7.85. The number of hydrogen-bond donors (Lipinski definition) is 0. The Bertz CT molecular complexity index is 608. The summed E-state index contributed by atoms with van der Waals surface area (Å²) in [5.74, 6) is 1.11. The average molecular weight is 307 g/mol. The first-order valence-electron chi connectivity index (χ1n) is 6.86. The van der Waals surface area contributed by atoms with Gasteiger partial charge in [-0.1, -0.05) is 11.8 Å². The lowest BCUT2D eigenvalue weighted by molar-refractivity contribution is -0.129. The second-order valence-corrected chi connectivity index (χ2v) is 6.06. The molecule has 0 bridgehead atoms. The molecule has 2 aromatic rings. The molecule has 21 heavy (non-hydrogen) atoms. The smallest absolute Gasteiger partial charge is 0.233 e. The first-order chi connectivity index (χ1) is 10.2. The van der Waals surface area contributed by atoms with Crippen LogP contribution in [0.15, 0.2) is 28.0 Å². The fraction of sp³-hybridized carbons (Fsp3) is 0.538. The predicted molar refractivity (Wildman–Crippen MR) is 76.7 cm³/mol. The molecule has 112 valence electrons. The van der Waals surface area contributed by atoms with E-state index in [2.05, 4.69) is 15.5 Å². The highest BCUT2D eigenvalue weighted by molar-refractivity contribution is 7.99. The Morgan fingerprint density at radius 3 is 3.10 bits per heavy atom. The van der Waals surface area contributed by atoms with Crippen LogP contribution < -0.4 is 0 Å². The molecule has 0 N–H and O–H groups in total.